The van der Waals surface area contributed by atoms with Crippen LogP contribution >= 0.6 is 0 Å². The maximum Gasteiger partial charge on any atom is 0.255 e. The van der Waals surface area contributed by atoms with E-state index < -0.39 is 0 Å². The van der Waals surface area contributed by atoms with Crippen LogP contribution in [0.3, 0.4) is 0 Å². The number of allylic oxidation sites excluding steroid dienone is 1. The van der Waals surface area contributed by atoms with Gasteiger partial charge in [0, 0.05) is 19.7 Å². The Bertz CT molecular complexity index is 619. The molecule has 0 radical (unpaired) electrons. The Balaban J connectivity index is 1.74. The Morgan fingerprint density at radius 3 is 2.79 bits per heavy atom. The zero-order valence-electron chi connectivity index (χ0n) is 14.3. The second-order valence-electron chi connectivity index (χ2n) is 6.57. The lowest BCUT2D eigenvalue weighted by Gasteiger charge is -2.34. The summed E-state index contributed by atoms with van der Waals surface area (Å²) in [6.45, 7) is 4.63. The lowest BCUT2D eigenvalue weighted by atomic mass is 9.97. The fraction of sp³-hybridized carbons (Fsp3) is 0.526. The fourth-order valence-corrected chi connectivity index (χ4v) is 3.42. The van der Waals surface area contributed by atoms with Crippen molar-refractivity contribution in [3.05, 3.63) is 35.6 Å². The van der Waals surface area contributed by atoms with E-state index in [-0.39, 0.29) is 12.5 Å². The SMILES string of the molecule is CC1=C(C(=O)Nc2ccccc2N2CCC(CO)CC2)CCCO1. The van der Waals surface area contributed by atoms with Crippen molar-refractivity contribution in [3.8, 4) is 0 Å². The second kappa shape index (κ2) is 7.71. The predicted molar refractivity (Wildman–Crippen MR) is 95.0 cm³/mol. The number of benzene rings is 1. The van der Waals surface area contributed by atoms with Gasteiger partial charge in [0.05, 0.1) is 23.6 Å². The minimum absolute atomic E-state index is 0.0649. The fourth-order valence-electron chi connectivity index (χ4n) is 3.42. The Morgan fingerprint density at radius 1 is 1.33 bits per heavy atom. The molecule has 1 amide bonds. The highest BCUT2D eigenvalue weighted by atomic mass is 16.5. The number of hydrogen-bond acceptors (Lipinski definition) is 4. The summed E-state index contributed by atoms with van der Waals surface area (Å²) < 4.78 is 5.50. The molecule has 3 rings (SSSR count). The molecule has 1 aromatic rings. The summed E-state index contributed by atoms with van der Waals surface area (Å²) in [7, 11) is 0. The molecule has 0 spiro atoms. The summed E-state index contributed by atoms with van der Waals surface area (Å²) in [4.78, 5) is 14.9. The van der Waals surface area contributed by atoms with Gasteiger partial charge in [-0.3, -0.25) is 4.79 Å². The largest absolute Gasteiger partial charge is 0.498 e. The standard InChI is InChI=1S/C19H26N2O3/c1-14-16(5-4-12-24-14)19(23)20-17-6-2-3-7-18(17)21-10-8-15(13-22)9-11-21/h2-3,6-7,15,22H,4-5,8-13H2,1H3,(H,20,23). The molecule has 0 unspecified atom stereocenters. The number of aliphatic hydroxyl groups excluding tert-OH is 1. The minimum Gasteiger partial charge on any atom is -0.498 e. The highest BCUT2D eigenvalue weighted by Crippen LogP contribution is 2.30. The van der Waals surface area contributed by atoms with Crippen molar-refractivity contribution in [3.63, 3.8) is 0 Å². The molecular weight excluding hydrogens is 304 g/mol. The van der Waals surface area contributed by atoms with Gasteiger partial charge in [-0.05, 0) is 50.7 Å². The van der Waals surface area contributed by atoms with E-state index in [9.17, 15) is 9.90 Å². The van der Waals surface area contributed by atoms with Crippen LogP contribution in [0, 0.1) is 5.92 Å². The number of piperidine rings is 1. The van der Waals surface area contributed by atoms with E-state index in [1.165, 1.54) is 0 Å². The lowest BCUT2D eigenvalue weighted by Crippen LogP contribution is -2.35. The van der Waals surface area contributed by atoms with Crippen LogP contribution in [-0.4, -0.2) is 37.3 Å². The van der Waals surface area contributed by atoms with Gasteiger partial charge in [-0.15, -0.1) is 0 Å². The monoisotopic (exact) mass is 330 g/mol. The van der Waals surface area contributed by atoms with Crippen LogP contribution in [0.4, 0.5) is 11.4 Å². The number of aliphatic hydroxyl groups is 1. The van der Waals surface area contributed by atoms with Crippen LogP contribution in [-0.2, 0) is 9.53 Å². The van der Waals surface area contributed by atoms with E-state index in [0.717, 1.165) is 61.5 Å². The highest BCUT2D eigenvalue weighted by Gasteiger charge is 2.22. The van der Waals surface area contributed by atoms with Crippen molar-refractivity contribution >= 4 is 17.3 Å². The first-order valence-electron chi connectivity index (χ1n) is 8.77. The number of rotatable bonds is 4. The minimum atomic E-state index is -0.0649. The molecule has 1 saturated heterocycles. The van der Waals surface area contributed by atoms with Gasteiger partial charge >= 0.3 is 0 Å². The Hall–Kier alpha value is -2.01. The molecule has 130 valence electrons. The Kier molecular flexibility index (Phi) is 5.41. The van der Waals surface area contributed by atoms with E-state index >= 15 is 0 Å². The van der Waals surface area contributed by atoms with Gasteiger partial charge < -0.3 is 20.1 Å². The molecule has 0 bridgehead atoms. The number of amides is 1. The number of ether oxygens (including phenoxy) is 1. The molecule has 5 nitrogen and oxygen atoms in total. The smallest absolute Gasteiger partial charge is 0.255 e. The number of nitrogens with one attached hydrogen (secondary N) is 1. The first-order chi connectivity index (χ1) is 11.7. The molecule has 0 saturated carbocycles. The second-order valence-corrected chi connectivity index (χ2v) is 6.57. The highest BCUT2D eigenvalue weighted by molar-refractivity contribution is 6.05. The van der Waals surface area contributed by atoms with Crippen LogP contribution in [0.2, 0.25) is 0 Å². The maximum atomic E-state index is 12.6. The topological polar surface area (TPSA) is 61.8 Å². The zero-order chi connectivity index (χ0) is 16.9. The first kappa shape index (κ1) is 16.8. The van der Waals surface area contributed by atoms with E-state index in [1.807, 2.05) is 31.2 Å². The zero-order valence-corrected chi connectivity index (χ0v) is 14.3. The molecule has 2 aliphatic rings. The van der Waals surface area contributed by atoms with Gasteiger partial charge in [0.25, 0.3) is 5.91 Å². The number of carbonyl (C=O) groups is 1. The van der Waals surface area contributed by atoms with Crippen LogP contribution in [0.1, 0.15) is 32.6 Å². The van der Waals surface area contributed by atoms with Crippen molar-refractivity contribution < 1.29 is 14.6 Å². The molecule has 0 aromatic heterocycles. The molecule has 2 aliphatic heterocycles. The number of hydrogen-bond donors (Lipinski definition) is 2. The molecule has 1 aromatic carbocycles. The first-order valence-corrected chi connectivity index (χ1v) is 8.77. The van der Waals surface area contributed by atoms with E-state index in [4.69, 9.17) is 4.74 Å². The predicted octanol–water partition coefficient (Wildman–Crippen LogP) is 2.92. The molecule has 1 fully saturated rings. The van der Waals surface area contributed by atoms with Gasteiger partial charge in [-0.1, -0.05) is 12.1 Å². The third-order valence-electron chi connectivity index (χ3n) is 4.95. The van der Waals surface area contributed by atoms with Crippen LogP contribution in [0.25, 0.3) is 0 Å². The Labute approximate surface area is 143 Å². The van der Waals surface area contributed by atoms with Gasteiger partial charge in [-0.2, -0.15) is 0 Å². The van der Waals surface area contributed by atoms with E-state index in [1.54, 1.807) is 0 Å². The molecule has 2 N–H and O–H groups in total. The summed E-state index contributed by atoms with van der Waals surface area (Å²) in [5.74, 6) is 1.07. The number of nitrogens with zero attached hydrogens (tertiary/aromatic N) is 1. The molecular formula is C19H26N2O3. The van der Waals surface area contributed by atoms with Crippen LogP contribution in [0.5, 0.6) is 0 Å². The summed E-state index contributed by atoms with van der Waals surface area (Å²) in [5, 5.41) is 12.4. The van der Waals surface area contributed by atoms with Gasteiger partial charge in [0.2, 0.25) is 0 Å². The molecule has 24 heavy (non-hydrogen) atoms. The van der Waals surface area contributed by atoms with Gasteiger partial charge in [0.15, 0.2) is 0 Å². The molecule has 0 atom stereocenters. The number of para-hydroxylation sites is 2. The van der Waals surface area contributed by atoms with E-state index in [2.05, 4.69) is 10.2 Å². The summed E-state index contributed by atoms with van der Waals surface area (Å²) in [6.07, 6.45) is 3.62. The summed E-state index contributed by atoms with van der Waals surface area (Å²) >= 11 is 0. The third-order valence-corrected chi connectivity index (χ3v) is 4.95. The van der Waals surface area contributed by atoms with Gasteiger partial charge in [0.1, 0.15) is 5.76 Å². The van der Waals surface area contributed by atoms with Gasteiger partial charge in [-0.25, -0.2) is 0 Å². The average Bonchev–Trinajstić information content (AvgIpc) is 2.62. The van der Waals surface area contributed by atoms with Crippen LogP contribution in [0.15, 0.2) is 35.6 Å². The summed E-state index contributed by atoms with van der Waals surface area (Å²) in [6, 6.07) is 7.94. The maximum absolute atomic E-state index is 12.6. The normalized spacial score (nSPS) is 19.2. The molecule has 0 aliphatic carbocycles. The third kappa shape index (κ3) is 3.73. The van der Waals surface area contributed by atoms with Crippen molar-refractivity contribution in [2.24, 2.45) is 5.92 Å². The summed E-state index contributed by atoms with van der Waals surface area (Å²) in [5.41, 5.74) is 2.64. The van der Waals surface area contributed by atoms with Crippen molar-refractivity contribution in [1.82, 2.24) is 0 Å². The van der Waals surface area contributed by atoms with Crippen LogP contribution < -0.4 is 10.2 Å². The molecule has 5 heteroatoms. The Morgan fingerprint density at radius 2 is 2.08 bits per heavy atom. The van der Waals surface area contributed by atoms with E-state index in [0.29, 0.717) is 12.5 Å². The lowest BCUT2D eigenvalue weighted by molar-refractivity contribution is -0.113. The molecule has 2 heterocycles. The van der Waals surface area contributed by atoms with Crippen molar-refractivity contribution in [2.45, 2.75) is 32.6 Å². The van der Waals surface area contributed by atoms with Crippen molar-refractivity contribution in [2.75, 3.05) is 36.5 Å². The number of carbonyl (C=O) groups excluding carboxylic acids is 1. The average molecular weight is 330 g/mol. The quantitative estimate of drug-likeness (QED) is 0.891. The number of anilines is 2. The van der Waals surface area contributed by atoms with Crippen molar-refractivity contribution in [1.29, 1.82) is 0 Å².